The first kappa shape index (κ1) is 16.1. The van der Waals surface area contributed by atoms with Crippen LogP contribution in [0.5, 0.6) is 5.75 Å². The van der Waals surface area contributed by atoms with E-state index < -0.39 is 36.6 Å². The van der Waals surface area contributed by atoms with Gasteiger partial charge in [-0.15, -0.1) is 13.2 Å². The van der Waals surface area contributed by atoms with Gasteiger partial charge in [0.25, 0.3) is 0 Å². The maximum atomic E-state index is 12.1. The number of rotatable bonds is 5. The summed E-state index contributed by atoms with van der Waals surface area (Å²) >= 11 is 0. The molecule has 0 heterocycles. The van der Waals surface area contributed by atoms with Gasteiger partial charge in [-0.05, 0) is 17.7 Å². The summed E-state index contributed by atoms with van der Waals surface area (Å²) in [6.07, 6.45) is -8.63. The molecule has 2 unspecified atom stereocenters. The van der Waals surface area contributed by atoms with Crippen molar-refractivity contribution in [3.8, 4) is 5.75 Å². The number of amides is 1. The molecule has 1 rings (SSSR count). The van der Waals surface area contributed by atoms with Crippen LogP contribution in [0.2, 0.25) is 0 Å². The molecule has 0 saturated carbocycles. The average Bonchev–Trinajstić information content (AvgIpc) is 2.28. The molecule has 1 amide bonds. The minimum atomic E-state index is -4.94. The molecule has 1 aromatic carbocycles. The number of anilines is 1. The minimum absolute atomic E-state index is 0.0906. The third-order valence-corrected chi connectivity index (χ3v) is 2.38. The molecule has 0 saturated heterocycles. The Morgan fingerprint density at radius 3 is 2.45 bits per heavy atom. The topological polar surface area (TPSA) is 119 Å². The van der Waals surface area contributed by atoms with Gasteiger partial charge in [-0.25, -0.2) is 0 Å². The van der Waals surface area contributed by atoms with E-state index in [-0.39, 0.29) is 11.3 Å². The third-order valence-electron chi connectivity index (χ3n) is 2.38. The van der Waals surface area contributed by atoms with Gasteiger partial charge >= 0.3 is 6.36 Å². The summed E-state index contributed by atoms with van der Waals surface area (Å²) in [4.78, 5) is 10.6. The quantitative estimate of drug-likeness (QED) is 0.587. The molecule has 6 N–H and O–H groups in total. The van der Waals surface area contributed by atoms with E-state index in [0.29, 0.717) is 0 Å². The smallest absolute Gasteiger partial charge is 0.404 e. The van der Waals surface area contributed by atoms with Crippen LogP contribution in [0.25, 0.3) is 0 Å². The molecule has 20 heavy (non-hydrogen) atoms. The Morgan fingerprint density at radius 2 is 1.95 bits per heavy atom. The van der Waals surface area contributed by atoms with Crippen LogP contribution in [0.3, 0.4) is 0 Å². The third kappa shape index (κ3) is 4.59. The van der Waals surface area contributed by atoms with E-state index in [9.17, 15) is 28.2 Å². The molecule has 0 aromatic heterocycles. The summed E-state index contributed by atoms with van der Waals surface area (Å²) in [7, 11) is 0. The molecule has 112 valence electrons. The molecule has 6 nitrogen and oxygen atoms in total. The van der Waals surface area contributed by atoms with Gasteiger partial charge in [-0.2, -0.15) is 0 Å². The number of hydrogen-bond acceptors (Lipinski definition) is 5. The molecule has 2 atom stereocenters. The Kier molecular flexibility index (Phi) is 4.79. The molecule has 0 aliphatic rings. The molecule has 0 bridgehead atoms. The predicted molar refractivity (Wildman–Crippen MR) is 62.3 cm³/mol. The number of aliphatic hydroxyl groups is 2. The molecule has 1 aromatic rings. The fourth-order valence-corrected chi connectivity index (χ4v) is 1.49. The van der Waals surface area contributed by atoms with Crippen LogP contribution >= 0.6 is 0 Å². The Labute approximate surface area is 111 Å². The van der Waals surface area contributed by atoms with Crippen LogP contribution in [-0.2, 0) is 4.79 Å². The molecule has 0 aliphatic heterocycles. The Hall–Kier alpha value is -2.00. The lowest BCUT2D eigenvalue weighted by atomic mass is 10.0. The molecule has 0 spiro atoms. The lowest BCUT2D eigenvalue weighted by Crippen LogP contribution is -2.26. The van der Waals surface area contributed by atoms with Crippen molar-refractivity contribution >= 4 is 11.6 Å². The van der Waals surface area contributed by atoms with Gasteiger partial charge in [0.2, 0.25) is 5.91 Å². The van der Waals surface area contributed by atoms with Crippen molar-refractivity contribution in [1.82, 2.24) is 0 Å². The number of nitrogen functional groups attached to an aromatic ring is 1. The minimum Gasteiger partial charge on any atom is -0.404 e. The van der Waals surface area contributed by atoms with Gasteiger partial charge in [0.15, 0.2) is 5.75 Å². The monoisotopic (exact) mass is 294 g/mol. The van der Waals surface area contributed by atoms with E-state index in [1.54, 1.807) is 0 Å². The van der Waals surface area contributed by atoms with Gasteiger partial charge in [-0.1, -0.05) is 6.07 Å². The average molecular weight is 294 g/mol. The number of aliphatic hydroxyl groups excluding tert-OH is 2. The van der Waals surface area contributed by atoms with Crippen molar-refractivity contribution < 1.29 is 32.9 Å². The van der Waals surface area contributed by atoms with Crippen LogP contribution < -0.4 is 16.2 Å². The fourth-order valence-electron chi connectivity index (χ4n) is 1.49. The van der Waals surface area contributed by atoms with Crippen LogP contribution in [-0.4, -0.2) is 28.6 Å². The lowest BCUT2D eigenvalue weighted by molar-refractivity contribution is -0.274. The van der Waals surface area contributed by atoms with Crippen molar-refractivity contribution in [2.75, 3.05) is 5.73 Å². The second-order valence-corrected chi connectivity index (χ2v) is 4.03. The summed E-state index contributed by atoms with van der Waals surface area (Å²) in [6, 6.07) is 3.11. The van der Waals surface area contributed by atoms with E-state index in [1.807, 2.05) is 0 Å². The molecule has 9 heteroatoms. The second kappa shape index (κ2) is 5.97. The highest BCUT2D eigenvalue weighted by Crippen LogP contribution is 2.32. The van der Waals surface area contributed by atoms with Crippen molar-refractivity contribution in [1.29, 1.82) is 0 Å². The highest BCUT2D eigenvalue weighted by Gasteiger charge is 2.32. The van der Waals surface area contributed by atoms with Crippen LogP contribution in [0.15, 0.2) is 18.2 Å². The number of ether oxygens (including phenoxy) is 1. The van der Waals surface area contributed by atoms with Crippen LogP contribution in [0.4, 0.5) is 18.9 Å². The SMILES string of the molecule is NC(=O)CC(O)C(O)c1ccc(N)c(OC(F)(F)F)c1. The normalized spacial score (nSPS) is 14.7. The number of primary amides is 1. The maximum Gasteiger partial charge on any atom is 0.573 e. The van der Waals surface area contributed by atoms with Gasteiger partial charge in [-0.3, -0.25) is 4.79 Å². The number of halogens is 3. The summed E-state index contributed by atoms with van der Waals surface area (Å²) in [5, 5.41) is 19.2. The zero-order valence-corrected chi connectivity index (χ0v) is 10.1. The van der Waals surface area contributed by atoms with Gasteiger partial charge in [0, 0.05) is 0 Å². The zero-order chi connectivity index (χ0) is 15.5. The molecule has 0 radical (unpaired) electrons. The first-order valence-electron chi connectivity index (χ1n) is 5.39. The Balaban J connectivity index is 2.96. The highest BCUT2D eigenvalue weighted by atomic mass is 19.4. The highest BCUT2D eigenvalue weighted by molar-refractivity contribution is 5.74. The first-order valence-corrected chi connectivity index (χ1v) is 5.39. The van der Waals surface area contributed by atoms with Crippen molar-refractivity contribution in [2.45, 2.75) is 25.0 Å². The zero-order valence-electron chi connectivity index (χ0n) is 10.1. The molecule has 0 fully saturated rings. The van der Waals surface area contributed by atoms with Crippen molar-refractivity contribution in [3.63, 3.8) is 0 Å². The first-order chi connectivity index (χ1) is 9.10. The van der Waals surface area contributed by atoms with E-state index in [0.717, 1.165) is 12.1 Å². The summed E-state index contributed by atoms with van der Waals surface area (Å²) in [6.45, 7) is 0. The number of nitrogens with two attached hydrogens (primary N) is 2. The van der Waals surface area contributed by atoms with Crippen LogP contribution in [0.1, 0.15) is 18.1 Å². The second-order valence-electron chi connectivity index (χ2n) is 4.03. The maximum absolute atomic E-state index is 12.1. The van der Waals surface area contributed by atoms with E-state index in [4.69, 9.17) is 11.5 Å². The number of hydrogen-bond donors (Lipinski definition) is 4. The number of carbonyl (C=O) groups excluding carboxylic acids is 1. The summed E-state index contributed by atoms with van der Waals surface area (Å²) < 4.78 is 40.1. The van der Waals surface area contributed by atoms with Crippen LogP contribution in [0, 0.1) is 0 Å². The Bertz CT molecular complexity index is 493. The summed E-state index contributed by atoms with van der Waals surface area (Å²) in [5.74, 6) is -1.57. The molecular weight excluding hydrogens is 281 g/mol. The van der Waals surface area contributed by atoms with Crippen molar-refractivity contribution in [2.24, 2.45) is 5.73 Å². The number of benzene rings is 1. The Morgan fingerprint density at radius 1 is 1.35 bits per heavy atom. The van der Waals surface area contributed by atoms with Gasteiger partial charge in [0.1, 0.15) is 6.10 Å². The van der Waals surface area contributed by atoms with E-state index >= 15 is 0 Å². The largest absolute Gasteiger partial charge is 0.573 e. The van der Waals surface area contributed by atoms with E-state index in [2.05, 4.69) is 4.74 Å². The standard InChI is InChI=1S/C11H13F3N2O4/c12-11(13,14)20-8-3-5(1-2-6(8)15)10(19)7(17)4-9(16)18/h1-3,7,10,17,19H,4,15H2,(H2,16,18). The lowest BCUT2D eigenvalue weighted by Gasteiger charge is -2.18. The van der Waals surface area contributed by atoms with Crippen molar-refractivity contribution in [3.05, 3.63) is 23.8 Å². The fraction of sp³-hybridized carbons (Fsp3) is 0.364. The molecule has 0 aliphatic carbocycles. The number of carbonyl (C=O) groups is 1. The number of alkyl halides is 3. The predicted octanol–water partition coefficient (Wildman–Crippen LogP) is 0.437. The molecular formula is C11H13F3N2O4. The van der Waals surface area contributed by atoms with Gasteiger partial charge in [0.05, 0.1) is 18.2 Å². The van der Waals surface area contributed by atoms with Gasteiger partial charge < -0.3 is 26.4 Å². The summed E-state index contributed by atoms with van der Waals surface area (Å²) in [5.41, 5.74) is 9.77. The van der Waals surface area contributed by atoms with E-state index in [1.165, 1.54) is 6.07 Å².